The lowest BCUT2D eigenvalue weighted by Crippen LogP contribution is -2.02. The topological polar surface area (TPSA) is 26.0 Å². The van der Waals surface area contributed by atoms with Crippen molar-refractivity contribution in [3.05, 3.63) is 17.0 Å². The van der Waals surface area contributed by atoms with Crippen LogP contribution in [-0.4, -0.2) is 5.16 Å². The van der Waals surface area contributed by atoms with Gasteiger partial charge < -0.3 is 4.52 Å². The van der Waals surface area contributed by atoms with E-state index in [1.165, 1.54) is 24.1 Å². The third-order valence-electron chi connectivity index (χ3n) is 3.07. The smallest absolute Gasteiger partial charge is 0.142 e. The van der Waals surface area contributed by atoms with Crippen LogP contribution >= 0.6 is 0 Å². The summed E-state index contributed by atoms with van der Waals surface area (Å²) in [4.78, 5) is 0. The summed E-state index contributed by atoms with van der Waals surface area (Å²) in [6.45, 7) is 13.2. The Balaban J connectivity index is 3.09. The number of hydrogen-bond acceptors (Lipinski definition) is 2. The highest BCUT2D eigenvalue weighted by Gasteiger charge is 2.23. The van der Waals surface area contributed by atoms with Gasteiger partial charge in [-0.25, -0.2) is 0 Å². The molecule has 0 aliphatic carbocycles. The Labute approximate surface area is 99.4 Å². The molecule has 1 rings (SSSR count). The molecule has 0 bridgehead atoms. The highest BCUT2D eigenvalue weighted by molar-refractivity contribution is 5.30. The molecule has 0 aromatic carbocycles. The Morgan fingerprint density at radius 1 is 1.06 bits per heavy atom. The van der Waals surface area contributed by atoms with Gasteiger partial charge in [0.25, 0.3) is 0 Å². The van der Waals surface area contributed by atoms with Crippen molar-refractivity contribution in [2.75, 3.05) is 0 Å². The molecule has 0 amide bonds. The third kappa shape index (κ3) is 2.66. The van der Waals surface area contributed by atoms with Gasteiger partial charge in [0, 0.05) is 17.4 Å². The van der Waals surface area contributed by atoms with Crippen LogP contribution in [0.4, 0.5) is 0 Å². The first kappa shape index (κ1) is 13.3. The maximum absolute atomic E-state index is 5.54. The van der Waals surface area contributed by atoms with Crippen molar-refractivity contribution < 1.29 is 4.52 Å². The predicted molar refractivity (Wildman–Crippen MR) is 68.0 cm³/mol. The second-order valence-corrected chi connectivity index (χ2v) is 5.34. The number of rotatable bonds is 5. The zero-order valence-electron chi connectivity index (χ0n) is 11.5. The minimum absolute atomic E-state index is 0.424. The van der Waals surface area contributed by atoms with E-state index < -0.39 is 0 Å². The lowest BCUT2D eigenvalue weighted by molar-refractivity contribution is 0.360. The zero-order chi connectivity index (χ0) is 12.3. The second-order valence-electron chi connectivity index (χ2n) is 5.34. The van der Waals surface area contributed by atoms with E-state index in [1.54, 1.807) is 0 Å². The first-order chi connectivity index (χ1) is 7.49. The van der Waals surface area contributed by atoms with Crippen molar-refractivity contribution in [2.24, 2.45) is 0 Å². The summed E-state index contributed by atoms with van der Waals surface area (Å²) in [6, 6.07) is 0. The van der Waals surface area contributed by atoms with Gasteiger partial charge in [-0.05, 0) is 12.3 Å². The average molecular weight is 223 g/mol. The van der Waals surface area contributed by atoms with Crippen LogP contribution in [0.15, 0.2) is 4.52 Å². The van der Waals surface area contributed by atoms with Crippen LogP contribution < -0.4 is 0 Å². The normalized spacial score (nSPS) is 13.8. The molecule has 2 heteroatoms. The molecular weight excluding hydrogens is 198 g/mol. The molecule has 1 atom stereocenters. The lowest BCUT2D eigenvalue weighted by atomic mass is 9.89. The quantitative estimate of drug-likeness (QED) is 0.715. The molecule has 0 radical (unpaired) electrons. The SMILES string of the molecule is CCCC(C)c1noc(C(C)C)c1C(C)C. The summed E-state index contributed by atoms with van der Waals surface area (Å²) in [5.74, 6) is 2.51. The molecular formula is C14H25NO. The van der Waals surface area contributed by atoms with E-state index in [-0.39, 0.29) is 0 Å². The Morgan fingerprint density at radius 2 is 1.69 bits per heavy atom. The Bertz CT molecular complexity index is 325. The van der Waals surface area contributed by atoms with E-state index in [4.69, 9.17) is 4.52 Å². The summed E-state index contributed by atoms with van der Waals surface area (Å²) in [7, 11) is 0. The monoisotopic (exact) mass is 223 g/mol. The predicted octanol–water partition coefficient (Wildman–Crippen LogP) is 4.83. The highest BCUT2D eigenvalue weighted by atomic mass is 16.5. The fraction of sp³-hybridized carbons (Fsp3) is 0.786. The fourth-order valence-corrected chi connectivity index (χ4v) is 2.24. The van der Waals surface area contributed by atoms with Crippen LogP contribution in [0.5, 0.6) is 0 Å². The summed E-state index contributed by atoms with van der Waals surface area (Å²) in [6.07, 6.45) is 2.38. The largest absolute Gasteiger partial charge is 0.361 e. The molecule has 92 valence electrons. The zero-order valence-corrected chi connectivity index (χ0v) is 11.5. The molecule has 0 N–H and O–H groups in total. The first-order valence-electron chi connectivity index (χ1n) is 6.48. The molecule has 0 spiro atoms. The second kappa shape index (κ2) is 5.51. The minimum Gasteiger partial charge on any atom is -0.361 e. The average Bonchev–Trinajstić information content (AvgIpc) is 2.61. The van der Waals surface area contributed by atoms with E-state index in [0.29, 0.717) is 17.8 Å². The molecule has 1 aromatic rings. The fourth-order valence-electron chi connectivity index (χ4n) is 2.24. The molecule has 2 nitrogen and oxygen atoms in total. The molecule has 0 aliphatic rings. The number of aromatic nitrogens is 1. The van der Waals surface area contributed by atoms with Gasteiger partial charge in [0.2, 0.25) is 0 Å². The Hall–Kier alpha value is -0.790. The highest BCUT2D eigenvalue weighted by Crippen LogP contribution is 2.34. The van der Waals surface area contributed by atoms with Crippen molar-refractivity contribution >= 4 is 0 Å². The van der Waals surface area contributed by atoms with Crippen molar-refractivity contribution in [1.82, 2.24) is 5.16 Å². The molecule has 0 aliphatic heterocycles. The van der Waals surface area contributed by atoms with Crippen molar-refractivity contribution in [2.45, 2.75) is 72.1 Å². The van der Waals surface area contributed by atoms with Crippen molar-refractivity contribution in [1.29, 1.82) is 0 Å². The van der Waals surface area contributed by atoms with Gasteiger partial charge >= 0.3 is 0 Å². The van der Waals surface area contributed by atoms with E-state index in [2.05, 4.69) is 46.7 Å². The standard InChI is InChI=1S/C14H25NO/c1-7-8-11(6)13-12(9(2)3)14(10(4)5)16-15-13/h9-11H,7-8H2,1-6H3. The van der Waals surface area contributed by atoms with E-state index >= 15 is 0 Å². The van der Waals surface area contributed by atoms with Gasteiger partial charge in [0.1, 0.15) is 5.76 Å². The van der Waals surface area contributed by atoms with E-state index in [1.807, 2.05) is 0 Å². The van der Waals surface area contributed by atoms with Gasteiger partial charge in [-0.1, -0.05) is 53.1 Å². The Kier molecular flexibility index (Phi) is 4.57. The van der Waals surface area contributed by atoms with Gasteiger partial charge in [0.15, 0.2) is 0 Å². The van der Waals surface area contributed by atoms with Crippen LogP contribution in [0.1, 0.15) is 89.2 Å². The lowest BCUT2D eigenvalue weighted by Gasteiger charge is -2.13. The first-order valence-corrected chi connectivity index (χ1v) is 6.48. The Morgan fingerprint density at radius 3 is 2.12 bits per heavy atom. The summed E-state index contributed by atoms with van der Waals surface area (Å²) < 4.78 is 5.54. The van der Waals surface area contributed by atoms with Gasteiger partial charge in [0.05, 0.1) is 5.69 Å². The summed E-state index contributed by atoms with van der Waals surface area (Å²) >= 11 is 0. The molecule has 16 heavy (non-hydrogen) atoms. The van der Waals surface area contributed by atoms with E-state index in [0.717, 1.165) is 5.76 Å². The third-order valence-corrected chi connectivity index (χ3v) is 3.07. The number of hydrogen-bond donors (Lipinski definition) is 0. The van der Waals surface area contributed by atoms with Gasteiger partial charge in [-0.3, -0.25) is 0 Å². The molecule has 0 fully saturated rings. The molecule has 1 heterocycles. The maximum Gasteiger partial charge on any atom is 0.142 e. The van der Waals surface area contributed by atoms with Gasteiger partial charge in [-0.2, -0.15) is 0 Å². The molecule has 1 unspecified atom stereocenters. The summed E-state index contributed by atoms with van der Waals surface area (Å²) in [5, 5.41) is 4.30. The number of nitrogens with zero attached hydrogens (tertiary/aromatic N) is 1. The van der Waals surface area contributed by atoms with Gasteiger partial charge in [-0.15, -0.1) is 0 Å². The van der Waals surface area contributed by atoms with Crippen LogP contribution in [-0.2, 0) is 0 Å². The van der Waals surface area contributed by atoms with Crippen LogP contribution in [0.2, 0.25) is 0 Å². The molecule has 1 aromatic heterocycles. The minimum atomic E-state index is 0.424. The van der Waals surface area contributed by atoms with Crippen molar-refractivity contribution in [3.63, 3.8) is 0 Å². The maximum atomic E-state index is 5.54. The molecule has 0 saturated carbocycles. The summed E-state index contributed by atoms with van der Waals surface area (Å²) in [5.41, 5.74) is 2.52. The van der Waals surface area contributed by atoms with Crippen LogP contribution in [0.25, 0.3) is 0 Å². The van der Waals surface area contributed by atoms with Crippen LogP contribution in [0.3, 0.4) is 0 Å². The van der Waals surface area contributed by atoms with Crippen molar-refractivity contribution in [3.8, 4) is 0 Å². The molecule has 0 saturated heterocycles. The van der Waals surface area contributed by atoms with Crippen LogP contribution in [0, 0.1) is 0 Å². The van der Waals surface area contributed by atoms with E-state index in [9.17, 15) is 0 Å².